The van der Waals surface area contributed by atoms with Crippen molar-refractivity contribution in [3.8, 4) is 0 Å². The monoisotopic (exact) mass is 514 g/mol. The van der Waals surface area contributed by atoms with Gasteiger partial charge in [-0.15, -0.1) is 0 Å². The van der Waals surface area contributed by atoms with Gasteiger partial charge in [-0.1, -0.05) is 24.3 Å². The van der Waals surface area contributed by atoms with Gasteiger partial charge in [0.2, 0.25) is 5.91 Å². The van der Waals surface area contributed by atoms with Gasteiger partial charge in [-0.3, -0.25) is 4.79 Å². The molecule has 2 atom stereocenters. The van der Waals surface area contributed by atoms with Crippen LogP contribution in [0.15, 0.2) is 60.8 Å². The molecule has 1 N–H and O–H groups in total. The SMILES string of the molecule is C[C@@H](OCC1/C=C\NC(=O)CCCN(c2ccccc2)CC1)c1cc(C(F)(F)F)cc(C(F)(F)F)c1. The summed E-state index contributed by atoms with van der Waals surface area (Å²) in [5.41, 5.74) is -1.97. The zero-order chi connectivity index (χ0) is 26.3. The van der Waals surface area contributed by atoms with E-state index in [0.29, 0.717) is 44.5 Å². The van der Waals surface area contributed by atoms with Crippen LogP contribution < -0.4 is 10.2 Å². The summed E-state index contributed by atoms with van der Waals surface area (Å²) in [5.74, 6) is -0.372. The van der Waals surface area contributed by atoms with Gasteiger partial charge in [-0.2, -0.15) is 26.3 Å². The van der Waals surface area contributed by atoms with Crippen molar-refractivity contribution in [2.24, 2.45) is 5.92 Å². The van der Waals surface area contributed by atoms with Crippen LogP contribution in [0, 0.1) is 5.92 Å². The highest BCUT2D eigenvalue weighted by atomic mass is 19.4. The molecule has 0 saturated carbocycles. The zero-order valence-corrected chi connectivity index (χ0v) is 19.7. The molecule has 4 nitrogen and oxygen atoms in total. The predicted octanol–water partition coefficient (Wildman–Crippen LogP) is 6.74. The minimum atomic E-state index is -4.92. The third kappa shape index (κ3) is 8.01. The number of para-hydroxylation sites is 1. The highest BCUT2D eigenvalue weighted by molar-refractivity contribution is 5.76. The van der Waals surface area contributed by atoms with Crippen LogP contribution in [0.3, 0.4) is 0 Å². The molecule has 0 bridgehead atoms. The van der Waals surface area contributed by atoms with Gasteiger partial charge in [0.25, 0.3) is 0 Å². The summed E-state index contributed by atoms with van der Waals surface area (Å²) < 4.78 is 85.1. The molecule has 0 fully saturated rings. The van der Waals surface area contributed by atoms with Gasteiger partial charge in [0, 0.05) is 37.3 Å². The first-order valence-corrected chi connectivity index (χ1v) is 11.6. The van der Waals surface area contributed by atoms with Gasteiger partial charge in [-0.05, 0) is 55.7 Å². The van der Waals surface area contributed by atoms with Gasteiger partial charge in [0.15, 0.2) is 0 Å². The van der Waals surface area contributed by atoms with E-state index in [9.17, 15) is 31.1 Å². The molecule has 0 saturated heterocycles. The molecule has 2 aromatic carbocycles. The lowest BCUT2D eigenvalue weighted by atomic mass is 10.0. The van der Waals surface area contributed by atoms with Crippen LogP contribution in [0.4, 0.5) is 32.0 Å². The molecule has 0 aromatic heterocycles. The van der Waals surface area contributed by atoms with E-state index in [0.717, 1.165) is 5.69 Å². The topological polar surface area (TPSA) is 41.6 Å². The smallest absolute Gasteiger partial charge is 0.373 e. The molecule has 196 valence electrons. The Labute approximate surface area is 205 Å². The molecular formula is C26H28F6N2O2. The normalized spacial score (nSPS) is 19.8. The number of benzene rings is 2. The van der Waals surface area contributed by atoms with E-state index in [1.54, 1.807) is 6.08 Å². The maximum Gasteiger partial charge on any atom is 0.416 e. The molecule has 10 heteroatoms. The first-order chi connectivity index (χ1) is 16.9. The Morgan fingerprint density at radius 3 is 2.25 bits per heavy atom. The number of nitrogens with zero attached hydrogens (tertiary/aromatic N) is 1. The molecule has 2 aromatic rings. The number of halogens is 6. The van der Waals surface area contributed by atoms with Crippen LogP contribution in [0.2, 0.25) is 0 Å². The van der Waals surface area contributed by atoms with E-state index in [1.165, 1.54) is 13.1 Å². The average Bonchev–Trinajstić information content (AvgIpc) is 2.86. The van der Waals surface area contributed by atoms with Crippen molar-refractivity contribution in [1.29, 1.82) is 0 Å². The second-order valence-electron chi connectivity index (χ2n) is 8.72. The maximum atomic E-state index is 13.2. The van der Waals surface area contributed by atoms with E-state index < -0.39 is 29.6 Å². The van der Waals surface area contributed by atoms with E-state index in [4.69, 9.17) is 4.74 Å². The quantitative estimate of drug-likeness (QED) is 0.450. The molecule has 1 amide bonds. The first kappa shape index (κ1) is 27.6. The molecule has 0 spiro atoms. The van der Waals surface area contributed by atoms with Gasteiger partial charge in [0.1, 0.15) is 0 Å². The van der Waals surface area contributed by atoms with Crippen LogP contribution in [0.25, 0.3) is 0 Å². The number of rotatable bonds is 5. The number of carbonyl (C=O) groups excluding carboxylic acids is 1. The predicted molar refractivity (Wildman–Crippen MR) is 124 cm³/mol. The standard InChI is InChI=1S/C26H28F6N2O2/c1-18(20-14-21(25(27,28)29)16-22(15-20)26(30,31)32)36-17-19-9-11-33-24(35)8-5-12-34(13-10-19)23-6-3-2-4-7-23/h2-4,6-7,9,11,14-16,18-19H,5,8,10,12-13,17H2,1H3,(H,33,35)/b11-9-/t18-,19?/m1/s1. The van der Waals surface area contributed by atoms with Crippen molar-refractivity contribution in [3.05, 3.63) is 77.5 Å². The van der Waals surface area contributed by atoms with Gasteiger partial charge in [0.05, 0.1) is 23.8 Å². The summed E-state index contributed by atoms with van der Waals surface area (Å²) in [6, 6.07) is 11.1. The highest BCUT2D eigenvalue weighted by Gasteiger charge is 2.37. The molecule has 1 aliphatic rings. The van der Waals surface area contributed by atoms with Crippen LogP contribution in [0.1, 0.15) is 49.0 Å². The summed E-state index contributed by atoms with van der Waals surface area (Å²) in [5, 5.41) is 2.69. The Morgan fingerprint density at radius 1 is 1.00 bits per heavy atom. The lowest BCUT2D eigenvalue weighted by Crippen LogP contribution is -2.28. The third-order valence-corrected chi connectivity index (χ3v) is 5.98. The molecule has 0 radical (unpaired) electrons. The summed E-state index contributed by atoms with van der Waals surface area (Å²) in [6.45, 7) is 2.76. The highest BCUT2D eigenvalue weighted by Crippen LogP contribution is 2.38. The minimum Gasteiger partial charge on any atom is -0.373 e. The second-order valence-corrected chi connectivity index (χ2v) is 8.72. The van der Waals surface area contributed by atoms with Crippen molar-refractivity contribution in [1.82, 2.24) is 5.32 Å². The number of carbonyl (C=O) groups is 1. The van der Waals surface area contributed by atoms with Crippen LogP contribution in [-0.2, 0) is 21.9 Å². The number of hydrogen-bond acceptors (Lipinski definition) is 3. The molecule has 1 heterocycles. The van der Waals surface area contributed by atoms with Crippen LogP contribution >= 0.6 is 0 Å². The number of anilines is 1. The van der Waals surface area contributed by atoms with Crippen molar-refractivity contribution < 1.29 is 35.9 Å². The Bertz CT molecular complexity index is 1000. The lowest BCUT2D eigenvalue weighted by molar-refractivity contribution is -0.143. The number of alkyl halides is 6. The number of amides is 1. The van der Waals surface area contributed by atoms with E-state index in [1.807, 2.05) is 30.3 Å². The first-order valence-electron chi connectivity index (χ1n) is 11.6. The zero-order valence-electron chi connectivity index (χ0n) is 19.7. The Hall–Kier alpha value is -3.01. The summed E-state index contributed by atoms with van der Waals surface area (Å²) in [4.78, 5) is 14.2. The molecule has 0 aliphatic carbocycles. The van der Waals surface area contributed by atoms with Crippen molar-refractivity contribution in [2.75, 3.05) is 24.6 Å². The summed E-state index contributed by atoms with van der Waals surface area (Å²) >= 11 is 0. The molecule has 1 aliphatic heterocycles. The van der Waals surface area contributed by atoms with E-state index >= 15 is 0 Å². The Morgan fingerprint density at radius 2 is 1.64 bits per heavy atom. The number of hydrogen-bond donors (Lipinski definition) is 1. The largest absolute Gasteiger partial charge is 0.416 e. The third-order valence-electron chi connectivity index (χ3n) is 5.98. The van der Waals surface area contributed by atoms with Gasteiger partial charge < -0.3 is 15.0 Å². The van der Waals surface area contributed by atoms with E-state index in [-0.39, 0.29) is 30.1 Å². The van der Waals surface area contributed by atoms with Gasteiger partial charge in [-0.25, -0.2) is 0 Å². The fourth-order valence-electron chi connectivity index (χ4n) is 3.92. The lowest BCUT2D eigenvalue weighted by Gasteiger charge is -2.27. The fraction of sp³-hybridized carbons (Fsp3) is 0.423. The van der Waals surface area contributed by atoms with E-state index in [2.05, 4.69) is 10.2 Å². The van der Waals surface area contributed by atoms with Crippen molar-refractivity contribution in [2.45, 2.75) is 44.6 Å². The molecular weight excluding hydrogens is 486 g/mol. The number of nitrogens with one attached hydrogen (secondary N) is 1. The number of ether oxygens (including phenoxy) is 1. The van der Waals surface area contributed by atoms with Crippen molar-refractivity contribution in [3.63, 3.8) is 0 Å². The van der Waals surface area contributed by atoms with Crippen LogP contribution in [0.5, 0.6) is 0 Å². The average molecular weight is 515 g/mol. The second kappa shape index (κ2) is 11.8. The van der Waals surface area contributed by atoms with Crippen molar-refractivity contribution >= 4 is 11.6 Å². The minimum absolute atomic E-state index is 0.0494. The molecule has 3 rings (SSSR count). The summed E-state index contributed by atoms with van der Waals surface area (Å²) in [6.07, 6.45) is -5.99. The Balaban J connectivity index is 1.75. The maximum absolute atomic E-state index is 13.2. The molecule has 36 heavy (non-hydrogen) atoms. The Kier molecular flexibility index (Phi) is 9.05. The molecule has 1 unspecified atom stereocenters. The van der Waals surface area contributed by atoms with Crippen LogP contribution in [-0.4, -0.2) is 25.6 Å². The fourth-order valence-corrected chi connectivity index (χ4v) is 3.92. The van der Waals surface area contributed by atoms with Gasteiger partial charge >= 0.3 is 12.4 Å². The summed E-state index contributed by atoms with van der Waals surface area (Å²) in [7, 11) is 0.